The SMILES string of the molecule is CN1CCNC(CNCC(C)(C)C(C)(C)C)C1. The van der Waals surface area contributed by atoms with Gasteiger partial charge in [-0.3, -0.25) is 0 Å². The van der Waals surface area contributed by atoms with Crippen molar-refractivity contribution in [3.05, 3.63) is 0 Å². The fourth-order valence-electron chi connectivity index (χ4n) is 1.95. The highest BCUT2D eigenvalue weighted by Crippen LogP contribution is 2.36. The summed E-state index contributed by atoms with van der Waals surface area (Å²) < 4.78 is 0. The van der Waals surface area contributed by atoms with Gasteiger partial charge in [0.2, 0.25) is 0 Å². The van der Waals surface area contributed by atoms with E-state index in [-0.39, 0.29) is 0 Å². The van der Waals surface area contributed by atoms with Gasteiger partial charge in [0.1, 0.15) is 0 Å². The van der Waals surface area contributed by atoms with Crippen molar-refractivity contribution in [1.29, 1.82) is 0 Å². The molecule has 0 radical (unpaired) electrons. The summed E-state index contributed by atoms with van der Waals surface area (Å²) in [5.74, 6) is 0. The zero-order valence-corrected chi connectivity index (χ0v) is 12.6. The van der Waals surface area contributed by atoms with Crippen molar-refractivity contribution in [1.82, 2.24) is 15.5 Å². The van der Waals surface area contributed by atoms with Crippen LogP contribution in [-0.4, -0.2) is 50.7 Å². The lowest BCUT2D eigenvalue weighted by molar-refractivity contribution is 0.126. The molecule has 0 aliphatic carbocycles. The maximum Gasteiger partial charge on any atom is 0.0320 e. The van der Waals surface area contributed by atoms with Gasteiger partial charge >= 0.3 is 0 Å². The fourth-order valence-corrected chi connectivity index (χ4v) is 1.95. The maximum atomic E-state index is 3.63. The molecule has 3 nitrogen and oxygen atoms in total. The maximum absolute atomic E-state index is 3.63. The van der Waals surface area contributed by atoms with Crippen LogP contribution >= 0.6 is 0 Å². The molecule has 0 bridgehead atoms. The second-order valence-corrected chi connectivity index (χ2v) is 7.18. The first kappa shape index (κ1) is 14.9. The van der Waals surface area contributed by atoms with E-state index in [2.05, 4.69) is 57.2 Å². The van der Waals surface area contributed by atoms with E-state index in [0.29, 0.717) is 16.9 Å². The number of hydrogen-bond donors (Lipinski definition) is 2. The number of rotatable bonds is 4. The second kappa shape index (κ2) is 5.68. The molecular formula is C14H31N3. The van der Waals surface area contributed by atoms with Crippen LogP contribution in [0.25, 0.3) is 0 Å². The van der Waals surface area contributed by atoms with Gasteiger partial charge in [0.25, 0.3) is 0 Å². The van der Waals surface area contributed by atoms with Crippen LogP contribution in [-0.2, 0) is 0 Å². The highest BCUT2D eigenvalue weighted by molar-refractivity contribution is 4.86. The minimum atomic E-state index is 0.327. The van der Waals surface area contributed by atoms with Crippen LogP contribution in [0.15, 0.2) is 0 Å². The summed E-state index contributed by atoms with van der Waals surface area (Å²) in [6, 6.07) is 0.601. The third-order valence-corrected chi connectivity index (χ3v) is 4.45. The lowest BCUT2D eigenvalue weighted by Crippen LogP contribution is -2.54. The van der Waals surface area contributed by atoms with E-state index in [1.54, 1.807) is 0 Å². The molecule has 0 aromatic carbocycles. The molecule has 17 heavy (non-hydrogen) atoms. The first-order chi connectivity index (χ1) is 7.72. The normalized spacial score (nSPS) is 24.0. The summed E-state index contributed by atoms with van der Waals surface area (Å²) in [5, 5.41) is 7.20. The third-order valence-electron chi connectivity index (χ3n) is 4.45. The van der Waals surface area contributed by atoms with Gasteiger partial charge in [0, 0.05) is 38.8 Å². The van der Waals surface area contributed by atoms with Gasteiger partial charge in [-0.15, -0.1) is 0 Å². The molecule has 1 fully saturated rings. The van der Waals surface area contributed by atoms with Crippen LogP contribution in [0.5, 0.6) is 0 Å². The molecule has 1 rings (SSSR count). The van der Waals surface area contributed by atoms with Crippen LogP contribution in [0.2, 0.25) is 0 Å². The molecule has 1 aliphatic rings. The number of nitrogens with one attached hydrogen (secondary N) is 2. The van der Waals surface area contributed by atoms with Crippen LogP contribution in [0, 0.1) is 10.8 Å². The van der Waals surface area contributed by atoms with Crippen LogP contribution in [0.4, 0.5) is 0 Å². The minimum Gasteiger partial charge on any atom is -0.315 e. The van der Waals surface area contributed by atoms with E-state index in [9.17, 15) is 0 Å². The van der Waals surface area contributed by atoms with E-state index < -0.39 is 0 Å². The smallest absolute Gasteiger partial charge is 0.0320 e. The van der Waals surface area contributed by atoms with Crippen molar-refractivity contribution in [2.45, 2.75) is 40.7 Å². The Hall–Kier alpha value is -0.120. The Bertz CT molecular complexity index is 230. The Morgan fingerprint density at radius 2 is 1.88 bits per heavy atom. The lowest BCUT2D eigenvalue weighted by Gasteiger charge is -2.40. The number of piperazine rings is 1. The molecule has 0 aromatic rings. The quantitative estimate of drug-likeness (QED) is 0.782. The zero-order valence-electron chi connectivity index (χ0n) is 12.6. The summed E-state index contributed by atoms with van der Waals surface area (Å²) in [6.45, 7) is 17.3. The number of hydrogen-bond acceptors (Lipinski definition) is 3. The average Bonchev–Trinajstić information content (AvgIpc) is 2.15. The first-order valence-electron chi connectivity index (χ1n) is 6.85. The fraction of sp³-hybridized carbons (Fsp3) is 1.00. The Morgan fingerprint density at radius 3 is 2.41 bits per heavy atom. The monoisotopic (exact) mass is 241 g/mol. The van der Waals surface area contributed by atoms with Gasteiger partial charge in [-0.05, 0) is 17.9 Å². The van der Waals surface area contributed by atoms with Gasteiger partial charge in [0.05, 0.1) is 0 Å². The molecule has 3 heteroatoms. The third kappa shape index (κ3) is 4.57. The van der Waals surface area contributed by atoms with Crippen molar-refractivity contribution in [2.24, 2.45) is 10.8 Å². The lowest BCUT2D eigenvalue weighted by atomic mass is 9.69. The molecule has 1 saturated heterocycles. The van der Waals surface area contributed by atoms with Crippen LogP contribution in [0.1, 0.15) is 34.6 Å². The Morgan fingerprint density at radius 1 is 1.24 bits per heavy atom. The summed E-state index contributed by atoms with van der Waals surface area (Å²) >= 11 is 0. The topological polar surface area (TPSA) is 27.3 Å². The number of likely N-dealkylation sites (N-methyl/N-ethyl adjacent to an activating group) is 1. The van der Waals surface area contributed by atoms with Gasteiger partial charge < -0.3 is 15.5 Å². The summed E-state index contributed by atoms with van der Waals surface area (Å²) in [5.41, 5.74) is 0.671. The van der Waals surface area contributed by atoms with E-state index in [0.717, 1.165) is 26.2 Å². The molecule has 0 amide bonds. The number of nitrogens with zero attached hydrogens (tertiary/aromatic N) is 1. The molecule has 2 N–H and O–H groups in total. The Kier molecular flexibility index (Phi) is 4.99. The van der Waals surface area contributed by atoms with E-state index in [1.807, 2.05) is 0 Å². The summed E-state index contributed by atoms with van der Waals surface area (Å²) in [6.07, 6.45) is 0. The van der Waals surface area contributed by atoms with Gasteiger partial charge in [-0.2, -0.15) is 0 Å². The predicted molar refractivity (Wildman–Crippen MR) is 75.4 cm³/mol. The molecule has 1 atom stereocenters. The van der Waals surface area contributed by atoms with E-state index in [1.165, 1.54) is 6.54 Å². The van der Waals surface area contributed by atoms with Gasteiger partial charge in [-0.25, -0.2) is 0 Å². The molecule has 1 unspecified atom stereocenters. The molecule has 102 valence electrons. The Labute approximate surface area is 107 Å². The molecular weight excluding hydrogens is 210 g/mol. The molecule has 1 heterocycles. The molecule has 0 aromatic heterocycles. The standard InChI is InChI=1S/C14H31N3/c1-13(2,3)14(4,5)11-15-9-12-10-17(6)8-7-16-12/h12,15-16H,7-11H2,1-6H3. The summed E-state index contributed by atoms with van der Waals surface area (Å²) in [7, 11) is 2.20. The average molecular weight is 241 g/mol. The van der Waals surface area contributed by atoms with Gasteiger partial charge in [0.15, 0.2) is 0 Å². The largest absolute Gasteiger partial charge is 0.315 e. The Balaban J connectivity index is 2.28. The van der Waals surface area contributed by atoms with Crippen molar-refractivity contribution in [2.75, 3.05) is 39.8 Å². The van der Waals surface area contributed by atoms with E-state index >= 15 is 0 Å². The van der Waals surface area contributed by atoms with Crippen molar-refractivity contribution < 1.29 is 0 Å². The minimum absolute atomic E-state index is 0.327. The molecule has 0 spiro atoms. The zero-order chi connectivity index (χ0) is 13.1. The van der Waals surface area contributed by atoms with Crippen molar-refractivity contribution in [3.63, 3.8) is 0 Å². The first-order valence-corrected chi connectivity index (χ1v) is 6.85. The predicted octanol–water partition coefficient (Wildman–Crippen LogP) is 1.55. The van der Waals surface area contributed by atoms with Crippen molar-refractivity contribution in [3.8, 4) is 0 Å². The molecule has 0 saturated carbocycles. The summed E-state index contributed by atoms with van der Waals surface area (Å²) in [4.78, 5) is 2.40. The van der Waals surface area contributed by atoms with Crippen molar-refractivity contribution >= 4 is 0 Å². The van der Waals surface area contributed by atoms with Crippen LogP contribution in [0.3, 0.4) is 0 Å². The van der Waals surface area contributed by atoms with E-state index in [4.69, 9.17) is 0 Å². The highest BCUT2D eigenvalue weighted by atomic mass is 15.2. The van der Waals surface area contributed by atoms with Gasteiger partial charge in [-0.1, -0.05) is 34.6 Å². The molecule has 1 aliphatic heterocycles. The highest BCUT2D eigenvalue weighted by Gasteiger charge is 2.32. The second-order valence-electron chi connectivity index (χ2n) is 7.18. The van der Waals surface area contributed by atoms with Crippen LogP contribution < -0.4 is 10.6 Å².